The number of Topliss-reactive ketones (excluding diaryl/α,β-unsaturated/α-hetero) is 1. The number of carbonyl (C=O) groups is 2. The molecular formula is C31H27ClN2O4S. The van der Waals surface area contributed by atoms with Crippen LogP contribution in [0.2, 0.25) is 5.02 Å². The van der Waals surface area contributed by atoms with Gasteiger partial charge in [0.2, 0.25) is 0 Å². The predicted molar refractivity (Wildman–Crippen MR) is 155 cm³/mol. The Morgan fingerprint density at radius 2 is 1.82 bits per heavy atom. The summed E-state index contributed by atoms with van der Waals surface area (Å²) in [6, 6.07) is 17.7. The number of hydrogen-bond donors (Lipinski definition) is 1. The Kier molecular flexibility index (Phi) is 6.04. The van der Waals surface area contributed by atoms with Crippen LogP contribution >= 0.6 is 22.9 Å². The molecule has 1 fully saturated rings. The number of halogens is 1. The number of amides is 1. The van der Waals surface area contributed by atoms with Crippen LogP contribution in [-0.4, -0.2) is 27.9 Å². The minimum Gasteiger partial charge on any atom is -0.507 e. The van der Waals surface area contributed by atoms with E-state index in [0.717, 1.165) is 21.6 Å². The molecule has 6 nitrogen and oxygen atoms in total. The zero-order valence-corrected chi connectivity index (χ0v) is 23.6. The highest BCUT2D eigenvalue weighted by Crippen LogP contribution is 2.45. The molecule has 0 aliphatic carbocycles. The summed E-state index contributed by atoms with van der Waals surface area (Å²) >= 11 is 7.48. The fraction of sp³-hybridized carbons (Fsp3) is 0.258. The van der Waals surface area contributed by atoms with E-state index in [0.29, 0.717) is 33.2 Å². The van der Waals surface area contributed by atoms with E-state index in [1.807, 2.05) is 37.3 Å². The molecule has 2 atom stereocenters. The average molecular weight is 559 g/mol. The molecule has 0 radical (unpaired) electrons. The van der Waals surface area contributed by atoms with Crippen molar-refractivity contribution in [3.63, 3.8) is 0 Å². The van der Waals surface area contributed by atoms with Crippen molar-refractivity contribution in [1.82, 2.24) is 4.98 Å². The maximum absolute atomic E-state index is 13.6. The second-order valence-electron chi connectivity index (χ2n) is 11.1. The Bertz CT molecular complexity index is 1680. The molecule has 1 saturated heterocycles. The van der Waals surface area contributed by atoms with Crippen molar-refractivity contribution in [2.24, 2.45) is 0 Å². The third-order valence-corrected chi connectivity index (χ3v) is 8.50. The fourth-order valence-corrected chi connectivity index (χ4v) is 6.49. The van der Waals surface area contributed by atoms with Crippen LogP contribution in [-0.2, 0) is 21.4 Å². The van der Waals surface area contributed by atoms with Crippen LogP contribution in [0.5, 0.6) is 5.75 Å². The van der Waals surface area contributed by atoms with Crippen LogP contribution in [0.1, 0.15) is 56.0 Å². The topological polar surface area (TPSA) is 79.7 Å². The first kappa shape index (κ1) is 25.6. The second-order valence-corrected chi connectivity index (χ2v) is 12.6. The molecule has 0 saturated carbocycles. The first-order valence-corrected chi connectivity index (χ1v) is 14.0. The van der Waals surface area contributed by atoms with Crippen molar-refractivity contribution in [2.45, 2.75) is 51.7 Å². The van der Waals surface area contributed by atoms with E-state index in [9.17, 15) is 14.7 Å². The van der Waals surface area contributed by atoms with Crippen LogP contribution in [0, 0.1) is 0 Å². The molecular weight excluding hydrogens is 532 g/mol. The lowest BCUT2D eigenvalue weighted by Gasteiger charge is -2.24. The van der Waals surface area contributed by atoms with Crippen LogP contribution in [0.15, 0.2) is 66.2 Å². The zero-order valence-electron chi connectivity index (χ0n) is 22.0. The second kappa shape index (κ2) is 9.21. The van der Waals surface area contributed by atoms with Gasteiger partial charge in [0.05, 0.1) is 21.8 Å². The van der Waals surface area contributed by atoms with E-state index in [1.165, 1.54) is 16.2 Å². The van der Waals surface area contributed by atoms with E-state index < -0.39 is 17.7 Å². The highest BCUT2D eigenvalue weighted by atomic mass is 35.5. The Morgan fingerprint density at radius 1 is 1.08 bits per heavy atom. The van der Waals surface area contributed by atoms with Gasteiger partial charge in [-0.25, -0.2) is 4.98 Å². The monoisotopic (exact) mass is 558 g/mol. The number of nitrogens with zero attached hydrogens (tertiary/aromatic N) is 2. The number of hydrogen-bond acceptors (Lipinski definition) is 6. The molecule has 6 rings (SSSR count). The predicted octanol–water partition coefficient (Wildman–Crippen LogP) is 7.20. The number of carbonyl (C=O) groups excluding carboxylic acids is 2. The van der Waals surface area contributed by atoms with Crippen molar-refractivity contribution < 1.29 is 19.4 Å². The maximum Gasteiger partial charge on any atom is 0.301 e. The summed E-state index contributed by atoms with van der Waals surface area (Å²) in [4.78, 5) is 33.2. The van der Waals surface area contributed by atoms with E-state index in [1.54, 1.807) is 30.3 Å². The Hall–Kier alpha value is -3.68. The van der Waals surface area contributed by atoms with Gasteiger partial charge in [0.1, 0.15) is 17.6 Å². The zero-order chi connectivity index (χ0) is 27.6. The van der Waals surface area contributed by atoms with E-state index >= 15 is 0 Å². The van der Waals surface area contributed by atoms with Gasteiger partial charge in [0.25, 0.3) is 5.78 Å². The molecule has 1 N–H and O–H groups in total. The molecule has 1 aromatic heterocycles. The number of anilines is 1. The highest BCUT2D eigenvalue weighted by Gasteiger charge is 2.48. The van der Waals surface area contributed by atoms with Crippen LogP contribution in [0.25, 0.3) is 16.0 Å². The summed E-state index contributed by atoms with van der Waals surface area (Å²) in [6.45, 7) is 8.35. The summed E-state index contributed by atoms with van der Waals surface area (Å²) in [5, 5.41) is 12.5. The Labute approximate surface area is 235 Å². The molecule has 0 bridgehead atoms. The molecule has 8 heteroatoms. The number of ketones is 1. The van der Waals surface area contributed by atoms with Gasteiger partial charge in [-0.1, -0.05) is 68.0 Å². The molecule has 0 spiro atoms. The van der Waals surface area contributed by atoms with Gasteiger partial charge in [0.15, 0.2) is 5.13 Å². The molecule has 0 unspecified atom stereocenters. The van der Waals surface area contributed by atoms with Crippen molar-refractivity contribution >= 4 is 55.7 Å². The average Bonchev–Trinajstić information content (AvgIpc) is 3.55. The fourth-order valence-electron chi connectivity index (χ4n) is 5.22. The lowest BCUT2D eigenvalue weighted by molar-refractivity contribution is -0.132. The van der Waals surface area contributed by atoms with Gasteiger partial charge in [-0.05, 0) is 65.4 Å². The number of aliphatic hydroxyl groups is 1. The number of aromatic nitrogens is 1. The number of ether oxygens (including phenoxy) is 1. The van der Waals surface area contributed by atoms with Gasteiger partial charge in [-0.15, -0.1) is 0 Å². The third-order valence-electron chi connectivity index (χ3n) is 7.25. The number of rotatable bonds is 3. The summed E-state index contributed by atoms with van der Waals surface area (Å²) in [5.74, 6) is -0.932. The van der Waals surface area contributed by atoms with Gasteiger partial charge in [-0.3, -0.25) is 14.5 Å². The summed E-state index contributed by atoms with van der Waals surface area (Å²) in [6.07, 6.45) is 0.744. The number of benzene rings is 3. The normalized spacial score (nSPS) is 20.5. The summed E-state index contributed by atoms with van der Waals surface area (Å²) in [7, 11) is 0. The van der Waals surface area contributed by atoms with Gasteiger partial charge in [-0.2, -0.15) is 0 Å². The number of aliphatic hydroxyl groups excluding tert-OH is 1. The molecule has 39 heavy (non-hydrogen) atoms. The van der Waals surface area contributed by atoms with Gasteiger partial charge >= 0.3 is 5.91 Å². The van der Waals surface area contributed by atoms with E-state index in [2.05, 4.69) is 25.8 Å². The minimum absolute atomic E-state index is 0.0349. The molecule has 2 aliphatic rings. The highest BCUT2D eigenvalue weighted by molar-refractivity contribution is 7.22. The summed E-state index contributed by atoms with van der Waals surface area (Å²) < 4.78 is 6.60. The largest absolute Gasteiger partial charge is 0.507 e. The number of fused-ring (bicyclic) bond motifs is 2. The third kappa shape index (κ3) is 4.39. The van der Waals surface area contributed by atoms with Crippen molar-refractivity contribution in [3.8, 4) is 5.75 Å². The Morgan fingerprint density at radius 3 is 2.54 bits per heavy atom. The lowest BCUT2D eigenvalue weighted by atomic mass is 9.85. The van der Waals surface area contributed by atoms with Crippen LogP contribution in [0.3, 0.4) is 0 Å². The number of thiazole rings is 1. The molecule has 1 amide bonds. The first-order chi connectivity index (χ1) is 18.5. The van der Waals surface area contributed by atoms with Crippen molar-refractivity contribution in [2.75, 3.05) is 4.90 Å². The van der Waals surface area contributed by atoms with Gasteiger partial charge in [0, 0.05) is 17.0 Å². The lowest BCUT2D eigenvalue weighted by Crippen LogP contribution is -2.29. The smallest absolute Gasteiger partial charge is 0.301 e. The van der Waals surface area contributed by atoms with E-state index in [4.69, 9.17) is 16.3 Å². The molecule has 3 aromatic carbocycles. The summed E-state index contributed by atoms with van der Waals surface area (Å²) in [5.41, 5.74) is 3.89. The maximum atomic E-state index is 13.6. The van der Waals surface area contributed by atoms with Gasteiger partial charge < -0.3 is 9.84 Å². The molecule has 4 aromatic rings. The SMILES string of the molecule is C[C@H]1Cc2cc(C(O)=C3C(=O)C(=O)N(c4nc5ccc(Cl)cc5s4)[C@@H]3c3ccc(C(C)(C)C)cc3)ccc2O1. The quantitative estimate of drug-likeness (QED) is 0.163. The molecule has 3 heterocycles. The van der Waals surface area contributed by atoms with Crippen molar-refractivity contribution in [3.05, 3.63) is 93.5 Å². The van der Waals surface area contributed by atoms with E-state index in [-0.39, 0.29) is 22.9 Å². The Balaban J connectivity index is 1.53. The van der Waals surface area contributed by atoms with Crippen molar-refractivity contribution in [1.29, 1.82) is 0 Å². The standard InChI is InChI=1S/C31H27ClN2O4S/c1-16-13-19-14-18(7-12-23(19)38-16)27(35)25-26(17-5-8-20(9-6-17)31(2,3)4)34(29(37)28(25)36)30-33-22-11-10-21(32)15-24(22)39-30/h5-12,14-16,26,35H,13H2,1-4H3/t16-,26+/m0/s1. The van der Waals surface area contributed by atoms with Crippen LogP contribution < -0.4 is 9.64 Å². The first-order valence-electron chi connectivity index (χ1n) is 12.8. The minimum atomic E-state index is -0.849. The molecule has 2 aliphatic heterocycles. The molecule has 198 valence electrons. The van der Waals surface area contributed by atoms with Crippen LogP contribution in [0.4, 0.5) is 5.13 Å².